The minimum atomic E-state index is -3.53. The van der Waals surface area contributed by atoms with Gasteiger partial charge < -0.3 is 5.11 Å². The van der Waals surface area contributed by atoms with Crippen molar-refractivity contribution in [2.45, 2.75) is 45.1 Å². The third-order valence-corrected chi connectivity index (χ3v) is 4.53. The van der Waals surface area contributed by atoms with Gasteiger partial charge in [0, 0.05) is 12.6 Å². The number of aliphatic hydroxyl groups excluding tert-OH is 1. The quantitative estimate of drug-likeness (QED) is 0.840. The molecule has 1 aromatic carbocycles. The van der Waals surface area contributed by atoms with Crippen molar-refractivity contribution in [3.05, 3.63) is 29.3 Å². The summed E-state index contributed by atoms with van der Waals surface area (Å²) in [4.78, 5) is 0.286. The molecule has 0 aliphatic heterocycles. The number of aliphatic hydroxyl groups is 1. The highest BCUT2D eigenvalue weighted by Gasteiger charge is 2.22. The first-order chi connectivity index (χ1) is 8.76. The van der Waals surface area contributed by atoms with Crippen molar-refractivity contribution in [2.75, 3.05) is 6.61 Å². The summed E-state index contributed by atoms with van der Waals surface area (Å²) in [6.07, 6.45) is 0.418. The molecule has 0 radical (unpaired) electrons. The smallest absolute Gasteiger partial charge is 0.240 e. The van der Waals surface area contributed by atoms with E-state index in [2.05, 4.69) is 4.72 Å². The number of nitrogens with one attached hydrogen (secondary N) is 1. The van der Waals surface area contributed by atoms with Crippen LogP contribution in [-0.2, 0) is 10.0 Å². The summed E-state index contributed by atoms with van der Waals surface area (Å²) in [6, 6.07) is 5.00. The Morgan fingerprint density at radius 3 is 2.11 bits per heavy atom. The number of hydrogen-bond donors (Lipinski definition) is 2. The van der Waals surface area contributed by atoms with Crippen molar-refractivity contribution in [3.8, 4) is 0 Å². The van der Waals surface area contributed by atoms with E-state index in [0.29, 0.717) is 6.42 Å². The lowest BCUT2D eigenvalue weighted by Crippen LogP contribution is -2.39. The summed E-state index contributed by atoms with van der Waals surface area (Å²) in [7, 11) is -3.53. The molecule has 2 N–H and O–H groups in total. The maximum Gasteiger partial charge on any atom is 0.240 e. The zero-order chi connectivity index (χ0) is 14.6. The van der Waals surface area contributed by atoms with Gasteiger partial charge in [-0.2, -0.15) is 0 Å². The van der Waals surface area contributed by atoms with E-state index < -0.39 is 10.0 Å². The van der Waals surface area contributed by atoms with Crippen LogP contribution >= 0.6 is 0 Å². The van der Waals surface area contributed by atoms with Gasteiger partial charge in [-0.3, -0.25) is 0 Å². The zero-order valence-corrected chi connectivity index (χ0v) is 12.8. The van der Waals surface area contributed by atoms with Gasteiger partial charge in [0.2, 0.25) is 10.0 Å². The fraction of sp³-hybridized carbons (Fsp3) is 0.571. The molecule has 0 spiro atoms. The van der Waals surface area contributed by atoms with Crippen molar-refractivity contribution < 1.29 is 13.5 Å². The molecule has 19 heavy (non-hydrogen) atoms. The molecule has 0 aliphatic carbocycles. The molecule has 0 fully saturated rings. The molecule has 4 nitrogen and oxygen atoms in total. The molecule has 1 rings (SSSR count). The largest absolute Gasteiger partial charge is 0.396 e. The fourth-order valence-corrected chi connectivity index (χ4v) is 3.63. The van der Waals surface area contributed by atoms with Crippen molar-refractivity contribution in [3.63, 3.8) is 0 Å². The highest BCUT2D eigenvalue weighted by atomic mass is 32.2. The summed E-state index contributed by atoms with van der Waals surface area (Å²) in [6.45, 7) is 7.59. The van der Waals surface area contributed by atoms with E-state index >= 15 is 0 Å². The van der Waals surface area contributed by atoms with E-state index in [1.165, 1.54) is 0 Å². The van der Waals surface area contributed by atoms with Crippen LogP contribution in [0.1, 0.15) is 31.4 Å². The zero-order valence-electron chi connectivity index (χ0n) is 12.0. The number of rotatable bonds is 6. The second-order valence-electron chi connectivity index (χ2n) is 5.31. The first-order valence-corrected chi connectivity index (χ1v) is 7.96. The monoisotopic (exact) mass is 285 g/mol. The van der Waals surface area contributed by atoms with Gasteiger partial charge in [0.05, 0.1) is 4.90 Å². The Bertz CT molecular complexity index is 503. The van der Waals surface area contributed by atoms with Crippen LogP contribution in [0.25, 0.3) is 0 Å². The Kier molecular flexibility index (Phi) is 5.52. The lowest BCUT2D eigenvalue weighted by atomic mass is 10.0. The van der Waals surface area contributed by atoms with Gasteiger partial charge in [-0.1, -0.05) is 19.9 Å². The molecule has 0 aliphatic rings. The number of sulfonamides is 1. The summed E-state index contributed by atoms with van der Waals surface area (Å²) < 4.78 is 27.3. The minimum Gasteiger partial charge on any atom is -0.396 e. The minimum absolute atomic E-state index is 0.0296. The van der Waals surface area contributed by atoms with E-state index in [0.717, 1.165) is 11.1 Å². The maximum atomic E-state index is 12.3. The van der Waals surface area contributed by atoms with Crippen LogP contribution in [0.4, 0.5) is 0 Å². The van der Waals surface area contributed by atoms with Gasteiger partial charge in [0.1, 0.15) is 0 Å². The third kappa shape index (κ3) is 4.60. The molecule has 0 saturated heterocycles. The Balaban J connectivity index is 3.03. The van der Waals surface area contributed by atoms with E-state index in [1.54, 1.807) is 12.1 Å². The normalized spacial score (nSPS) is 13.8. The highest BCUT2D eigenvalue weighted by Crippen LogP contribution is 2.16. The standard InChI is InChI=1S/C14H23NO3S/c1-10(2)14(5-6-16)15-19(17,18)13-8-11(3)7-12(4)9-13/h7-10,14-16H,5-6H2,1-4H3. The fourth-order valence-electron chi connectivity index (χ4n) is 2.02. The Morgan fingerprint density at radius 2 is 1.68 bits per heavy atom. The van der Waals surface area contributed by atoms with Crippen LogP contribution in [-0.4, -0.2) is 26.2 Å². The summed E-state index contributed by atoms with van der Waals surface area (Å²) in [5, 5.41) is 9.01. The first-order valence-electron chi connectivity index (χ1n) is 6.47. The van der Waals surface area contributed by atoms with E-state index in [1.807, 2.05) is 33.8 Å². The molecule has 0 heterocycles. The predicted octanol–water partition coefficient (Wildman–Crippen LogP) is 1.99. The lowest BCUT2D eigenvalue weighted by Gasteiger charge is -2.21. The summed E-state index contributed by atoms with van der Waals surface area (Å²) >= 11 is 0. The van der Waals surface area contributed by atoms with E-state index in [9.17, 15) is 8.42 Å². The second-order valence-corrected chi connectivity index (χ2v) is 7.02. The number of benzene rings is 1. The van der Waals surface area contributed by atoms with Crippen molar-refractivity contribution in [1.82, 2.24) is 4.72 Å². The average molecular weight is 285 g/mol. The molecular weight excluding hydrogens is 262 g/mol. The van der Waals surface area contributed by atoms with Crippen LogP contribution in [0.2, 0.25) is 0 Å². The summed E-state index contributed by atoms with van der Waals surface area (Å²) in [5.74, 6) is 0.132. The van der Waals surface area contributed by atoms with Gasteiger partial charge in [0.25, 0.3) is 0 Å². The maximum absolute atomic E-state index is 12.3. The molecule has 1 unspecified atom stereocenters. The van der Waals surface area contributed by atoms with Crippen molar-refractivity contribution >= 4 is 10.0 Å². The molecule has 0 bridgehead atoms. The molecule has 108 valence electrons. The topological polar surface area (TPSA) is 66.4 Å². The average Bonchev–Trinajstić information content (AvgIpc) is 2.26. The lowest BCUT2D eigenvalue weighted by molar-refractivity contribution is 0.256. The van der Waals surface area contributed by atoms with Crippen molar-refractivity contribution in [2.24, 2.45) is 5.92 Å². The van der Waals surface area contributed by atoms with Gasteiger partial charge in [0.15, 0.2) is 0 Å². The molecule has 0 aromatic heterocycles. The molecular formula is C14H23NO3S. The van der Waals surface area contributed by atoms with Crippen LogP contribution in [0.3, 0.4) is 0 Å². The predicted molar refractivity (Wildman–Crippen MR) is 76.6 cm³/mol. The Morgan fingerprint density at radius 1 is 1.16 bits per heavy atom. The van der Waals surface area contributed by atoms with Crippen LogP contribution < -0.4 is 4.72 Å². The number of hydrogen-bond acceptors (Lipinski definition) is 3. The van der Waals surface area contributed by atoms with E-state index in [4.69, 9.17) is 5.11 Å². The number of aryl methyl sites for hydroxylation is 2. The Labute approximate surface area is 115 Å². The highest BCUT2D eigenvalue weighted by molar-refractivity contribution is 7.89. The van der Waals surface area contributed by atoms with Crippen LogP contribution in [0, 0.1) is 19.8 Å². The van der Waals surface area contributed by atoms with Crippen molar-refractivity contribution in [1.29, 1.82) is 0 Å². The molecule has 0 saturated carbocycles. The first kappa shape index (κ1) is 16.1. The van der Waals surface area contributed by atoms with Gasteiger partial charge >= 0.3 is 0 Å². The molecule has 5 heteroatoms. The third-order valence-electron chi connectivity index (χ3n) is 3.06. The molecule has 1 atom stereocenters. The van der Waals surface area contributed by atoms with Crippen LogP contribution in [0.5, 0.6) is 0 Å². The van der Waals surface area contributed by atoms with Crippen LogP contribution in [0.15, 0.2) is 23.1 Å². The van der Waals surface area contributed by atoms with E-state index in [-0.39, 0.29) is 23.5 Å². The molecule has 0 amide bonds. The Hall–Kier alpha value is -0.910. The SMILES string of the molecule is Cc1cc(C)cc(S(=O)(=O)NC(CCO)C(C)C)c1. The van der Waals surface area contributed by atoms with Gasteiger partial charge in [-0.25, -0.2) is 13.1 Å². The van der Waals surface area contributed by atoms with Gasteiger partial charge in [-0.15, -0.1) is 0 Å². The molecule has 1 aromatic rings. The summed E-state index contributed by atoms with van der Waals surface area (Å²) in [5.41, 5.74) is 1.84. The van der Waals surface area contributed by atoms with Gasteiger partial charge in [-0.05, 0) is 49.4 Å². The second kappa shape index (κ2) is 6.50.